The Kier molecular flexibility index (Phi) is 5.87. The topological polar surface area (TPSA) is 20.3 Å². The van der Waals surface area contributed by atoms with Crippen LogP contribution < -0.4 is 0 Å². The molecule has 0 atom stereocenters. The smallest absolute Gasteiger partial charge is 0.176 e. The first kappa shape index (κ1) is 18.1. The molecular weight excluding hydrogens is 374 g/mol. The number of Topliss-reactive ketones (excluding diaryl/α,β-unsaturated/α-hetero) is 1. The van der Waals surface area contributed by atoms with Crippen molar-refractivity contribution in [3.63, 3.8) is 0 Å². The van der Waals surface area contributed by atoms with Crippen LogP contribution in [-0.2, 0) is 0 Å². The molecule has 130 valence electrons. The predicted octanol–water partition coefficient (Wildman–Crippen LogP) is 6.06. The Balaban J connectivity index is 1.99. The van der Waals surface area contributed by atoms with E-state index in [-0.39, 0.29) is 5.78 Å². The van der Waals surface area contributed by atoms with Crippen LogP contribution in [0.5, 0.6) is 0 Å². The van der Waals surface area contributed by atoms with Gasteiger partial charge in [-0.15, -0.1) is 0 Å². The summed E-state index contributed by atoms with van der Waals surface area (Å²) in [4.78, 5) is 15.1. The number of carbonyl (C=O) groups is 1. The fourth-order valence-electron chi connectivity index (χ4n) is 3.43. The fourth-order valence-corrected chi connectivity index (χ4v) is 4.02. The van der Waals surface area contributed by atoms with E-state index in [1.54, 1.807) is 0 Å². The van der Waals surface area contributed by atoms with E-state index in [1.165, 1.54) is 10.8 Å². The van der Waals surface area contributed by atoms with Gasteiger partial charge in [0.15, 0.2) is 5.78 Å². The molecule has 0 heterocycles. The molecule has 3 rings (SSSR count). The Morgan fingerprint density at radius 1 is 0.920 bits per heavy atom. The van der Waals surface area contributed by atoms with Gasteiger partial charge in [0.25, 0.3) is 0 Å². The summed E-state index contributed by atoms with van der Waals surface area (Å²) in [5.74, 6) is 0.204. The quantitative estimate of drug-likeness (QED) is 0.356. The van der Waals surface area contributed by atoms with Crippen molar-refractivity contribution in [1.82, 2.24) is 4.90 Å². The van der Waals surface area contributed by atoms with Crippen molar-refractivity contribution in [3.8, 4) is 0 Å². The molecule has 0 bridgehead atoms. The standard InChI is InChI=1S/C22H24BrNO/c1-3-11-24(12-4-2)15-22(25)17-10-9-16-14-21(23)19-8-6-5-7-18(19)20(16)13-17/h5-10,13-14H,3-4,11-12,15H2,1-2H3. The van der Waals surface area contributed by atoms with Crippen LogP contribution in [0.15, 0.2) is 53.0 Å². The van der Waals surface area contributed by atoms with Crippen molar-refractivity contribution < 1.29 is 4.79 Å². The van der Waals surface area contributed by atoms with Crippen LogP contribution in [0.2, 0.25) is 0 Å². The van der Waals surface area contributed by atoms with Crippen molar-refractivity contribution in [1.29, 1.82) is 0 Å². The molecular formula is C22H24BrNO. The van der Waals surface area contributed by atoms with E-state index in [4.69, 9.17) is 0 Å². The lowest BCUT2D eigenvalue weighted by atomic mass is 9.98. The maximum absolute atomic E-state index is 12.8. The minimum absolute atomic E-state index is 0.204. The normalized spacial score (nSPS) is 11.5. The van der Waals surface area contributed by atoms with Crippen molar-refractivity contribution >= 4 is 43.3 Å². The number of nitrogens with zero attached hydrogens (tertiary/aromatic N) is 1. The highest BCUT2D eigenvalue weighted by atomic mass is 79.9. The number of benzene rings is 3. The van der Waals surface area contributed by atoms with E-state index in [2.05, 4.69) is 65.0 Å². The Hall–Kier alpha value is -1.71. The summed E-state index contributed by atoms with van der Waals surface area (Å²) in [6.45, 7) is 6.77. The summed E-state index contributed by atoms with van der Waals surface area (Å²) in [7, 11) is 0. The van der Waals surface area contributed by atoms with Crippen molar-refractivity contribution in [2.24, 2.45) is 0 Å². The van der Waals surface area contributed by atoms with Crippen LogP contribution >= 0.6 is 15.9 Å². The molecule has 0 radical (unpaired) electrons. The molecule has 0 spiro atoms. The molecule has 3 aromatic rings. The highest BCUT2D eigenvalue weighted by molar-refractivity contribution is 9.10. The number of hydrogen-bond donors (Lipinski definition) is 0. The number of halogens is 1. The van der Waals surface area contributed by atoms with Gasteiger partial charge in [-0.1, -0.05) is 66.2 Å². The van der Waals surface area contributed by atoms with Gasteiger partial charge in [0.1, 0.15) is 0 Å². The zero-order valence-electron chi connectivity index (χ0n) is 14.9. The Labute approximate surface area is 158 Å². The van der Waals surface area contributed by atoms with Gasteiger partial charge in [0.05, 0.1) is 6.54 Å². The molecule has 0 aromatic heterocycles. The lowest BCUT2D eigenvalue weighted by molar-refractivity contribution is 0.0931. The molecule has 0 saturated carbocycles. The Morgan fingerprint density at radius 2 is 1.60 bits per heavy atom. The van der Waals surface area contributed by atoms with E-state index < -0.39 is 0 Å². The second-order valence-electron chi connectivity index (χ2n) is 6.54. The third kappa shape index (κ3) is 3.94. The summed E-state index contributed by atoms with van der Waals surface area (Å²) >= 11 is 3.66. The van der Waals surface area contributed by atoms with Crippen LogP contribution in [0, 0.1) is 0 Å². The second-order valence-corrected chi connectivity index (χ2v) is 7.39. The summed E-state index contributed by atoms with van der Waals surface area (Å²) in [6, 6.07) is 16.5. The molecule has 3 heteroatoms. The molecule has 25 heavy (non-hydrogen) atoms. The van der Waals surface area contributed by atoms with E-state index in [0.29, 0.717) is 6.54 Å². The van der Waals surface area contributed by atoms with Crippen LogP contribution in [0.3, 0.4) is 0 Å². The average molecular weight is 398 g/mol. The molecule has 0 N–H and O–H groups in total. The van der Waals surface area contributed by atoms with Gasteiger partial charge in [0.2, 0.25) is 0 Å². The van der Waals surface area contributed by atoms with Crippen LogP contribution in [0.25, 0.3) is 21.5 Å². The number of ketones is 1. The highest BCUT2D eigenvalue weighted by Gasteiger charge is 2.13. The Bertz CT molecular complexity index is 897. The van der Waals surface area contributed by atoms with Crippen molar-refractivity contribution in [3.05, 3.63) is 58.6 Å². The first-order valence-corrected chi connectivity index (χ1v) is 9.80. The maximum atomic E-state index is 12.8. The molecule has 0 unspecified atom stereocenters. The molecule has 0 aliphatic rings. The molecule has 0 amide bonds. The third-order valence-electron chi connectivity index (χ3n) is 4.58. The molecule has 0 aliphatic carbocycles. The molecule has 2 nitrogen and oxygen atoms in total. The minimum Gasteiger partial charge on any atom is -0.296 e. The number of rotatable bonds is 7. The Morgan fingerprint density at radius 3 is 2.28 bits per heavy atom. The average Bonchev–Trinajstić information content (AvgIpc) is 2.62. The highest BCUT2D eigenvalue weighted by Crippen LogP contribution is 2.32. The van der Waals surface area contributed by atoms with Gasteiger partial charge >= 0.3 is 0 Å². The number of fused-ring (bicyclic) bond motifs is 3. The second kappa shape index (κ2) is 8.11. The van der Waals surface area contributed by atoms with Crippen molar-refractivity contribution in [2.45, 2.75) is 26.7 Å². The van der Waals surface area contributed by atoms with E-state index >= 15 is 0 Å². The molecule has 0 saturated heterocycles. The lowest BCUT2D eigenvalue weighted by Crippen LogP contribution is -2.31. The summed E-state index contributed by atoms with van der Waals surface area (Å²) in [5.41, 5.74) is 0.803. The van der Waals surface area contributed by atoms with E-state index in [0.717, 1.165) is 46.7 Å². The van der Waals surface area contributed by atoms with E-state index in [1.807, 2.05) is 18.2 Å². The fraction of sp³-hybridized carbons (Fsp3) is 0.318. The minimum atomic E-state index is 0.204. The molecule has 0 aliphatic heterocycles. The van der Waals surface area contributed by atoms with Crippen molar-refractivity contribution in [2.75, 3.05) is 19.6 Å². The van der Waals surface area contributed by atoms with Gasteiger partial charge in [-0.25, -0.2) is 0 Å². The van der Waals surface area contributed by atoms with Crippen LogP contribution in [0.1, 0.15) is 37.0 Å². The SMILES string of the molecule is CCCN(CCC)CC(=O)c1ccc2cc(Br)c3ccccc3c2c1. The summed E-state index contributed by atoms with van der Waals surface area (Å²) < 4.78 is 1.09. The first-order chi connectivity index (χ1) is 12.1. The zero-order valence-corrected chi connectivity index (χ0v) is 16.5. The first-order valence-electron chi connectivity index (χ1n) is 9.00. The van der Waals surface area contributed by atoms with Crippen LogP contribution in [-0.4, -0.2) is 30.3 Å². The van der Waals surface area contributed by atoms with Gasteiger partial charge in [0, 0.05) is 10.0 Å². The summed E-state index contributed by atoms with van der Waals surface area (Å²) in [6.07, 6.45) is 2.15. The van der Waals surface area contributed by atoms with Gasteiger partial charge in [-0.2, -0.15) is 0 Å². The molecule has 3 aromatic carbocycles. The molecule has 0 fully saturated rings. The van der Waals surface area contributed by atoms with E-state index in [9.17, 15) is 4.79 Å². The monoisotopic (exact) mass is 397 g/mol. The third-order valence-corrected chi connectivity index (χ3v) is 5.24. The summed E-state index contributed by atoms with van der Waals surface area (Å²) in [5, 5.41) is 4.65. The number of carbonyl (C=O) groups excluding carboxylic acids is 1. The van der Waals surface area contributed by atoms with Gasteiger partial charge < -0.3 is 0 Å². The zero-order chi connectivity index (χ0) is 17.8. The van der Waals surface area contributed by atoms with Gasteiger partial charge in [-0.3, -0.25) is 9.69 Å². The maximum Gasteiger partial charge on any atom is 0.176 e. The van der Waals surface area contributed by atoms with Crippen LogP contribution in [0.4, 0.5) is 0 Å². The largest absolute Gasteiger partial charge is 0.296 e. The number of hydrogen-bond acceptors (Lipinski definition) is 2. The lowest BCUT2D eigenvalue weighted by Gasteiger charge is -2.20. The van der Waals surface area contributed by atoms with Gasteiger partial charge in [-0.05, 0) is 59.6 Å². The predicted molar refractivity (Wildman–Crippen MR) is 111 cm³/mol.